The number of nitrogens with zero attached hydrogens (tertiary/aromatic N) is 2. The van der Waals surface area contributed by atoms with Crippen molar-refractivity contribution < 1.29 is 40.2 Å². The third-order valence-electron chi connectivity index (χ3n) is 5.62. The number of hydrogen-bond acceptors (Lipinski definition) is 5. The molecule has 1 saturated heterocycles. The van der Waals surface area contributed by atoms with Crippen LogP contribution in [0.3, 0.4) is 0 Å². The molecule has 7 nitrogen and oxygen atoms in total. The highest BCUT2D eigenvalue weighted by atomic mass is 32.2. The molecule has 12 heteroatoms. The first-order valence-electron chi connectivity index (χ1n) is 10.1. The molecule has 2 aliphatic rings. The molecule has 0 unspecified atom stereocenters. The second-order valence-electron chi connectivity index (χ2n) is 7.64. The van der Waals surface area contributed by atoms with Crippen LogP contribution in [-0.2, 0) is 28.0 Å². The van der Waals surface area contributed by atoms with E-state index in [1.54, 1.807) is 18.2 Å². The molecule has 0 saturated carbocycles. The van der Waals surface area contributed by atoms with Crippen molar-refractivity contribution in [1.29, 1.82) is 0 Å². The minimum Gasteiger partial charge on any atom is -0.444 e. The minimum absolute atomic E-state index is 0.0414. The first-order chi connectivity index (χ1) is 15.6. The fraction of sp³-hybridized carbons (Fsp3) is 0.381. The van der Waals surface area contributed by atoms with Gasteiger partial charge in [0.15, 0.2) is 0 Å². The summed E-state index contributed by atoms with van der Waals surface area (Å²) in [5.41, 5.74) is 1.51. The van der Waals surface area contributed by atoms with Gasteiger partial charge in [-0.3, -0.25) is 4.90 Å². The van der Waals surface area contributed by atoms with Crippen molar-refractivity contribution in [2.45, 2.75) is 43.4 Å². The highest BCUT2D eigenvalue weighted by Crippen LogP contribution is 2.36. The zero-order chi connectivity index (χ0) is 23.8. The number of carbonyl (C=O) groups is 1. The number of para-hydroxylation sites is 1. The molecule has 2 heterocycles. The van der Waals surface area contributed by atoms with Crippen LogP contribution in [0.15, 0.2) is 47.4 Å². The molecule has 0 spiro atoms. The van der Waals surface area contributed by atoms with Crippen LogP contribution in [0.2, 0.25) is 0 Å². The molecule has 0 aliphatic carbocycles. The Balaban J connectivity index is 1.49. The summed E-state index contributed by atoms with van der Waals surface area (Å²) in [4.78, 5) is 13.7. The van der Waals surface area contributed by atoms with Crippen LogP contribution in [0.25, 0.3) is 0 Å². The average Bonchev–Trinajstić information content (AvgIpc) is 2.78. The van der Waals surface area contributed by atoms with Crippen LogP contribution < -0.4 is 9.64 Å². The van der Waals surface area contributed by atoms with Crippen LogP contribution in [0, 0.1) is 0 Å². The summed E-state index contributed by atoms with van der Waals surface area (Å²) >= 11 is 0. The highest BCUT2D eigenvalue weighted by molar-refractivity contribution is 7.89. The van der Waals surface area contributed by atoms with Gasteiger partial charge in [-0.05, 0) is 37.1 Å². The standard InChI is InChI=1S/C21H20F4N2O5S/c22-12-14-2-1-3-15-13-31-20(28)27(19(14)15)16-8-10-26(11-9-16)33(29,30)18-6-4-17(5-7-18)32-21(23,24)25/h1-7,16H,8-13H2. The van der Waals surface area contributed by atoms with Gasteiger partial charge in [-0.25, -0.2) is 17.6 Å². The Morgan fingerprint density at radius 1 is 1.06 bits per heavy atom. The van der Waals surface area contributed by atoms with Crippen LogP contribution in [0.1, 0.15) is 24.0 Å². The molecule has 2 aliphatic heterocycles. The van der Waals surface area contributed by atoms with E-state index in [1.807, 2.05) is 0 Å². The summed E-state index contributed by atoms with van der Waals surface area (Å²) in [6.07, 6.45) is -4.92. The van der Waals surface area contributed by atoms with Gasteiger partial charge in [-0.15, -0.1) is 13.2 Å². The number of piperidine rings is 1. The largest absolute Gasteiger partial charge is 0.573 e. The zero-order valence-electron chi connectivity index (χ0n) is 17.2. The molecule has 178 valence electrons. The average molecular weight is 488 g/mol. The number of amides is 1. The predicted molar refractivity (Wildman–Crippen MR) is 109 cm³/mol. The van der Waals surface area contributed by atoms with Crippen molar-refractivity contribution in [1.82, 2.24) is 4.31 Å². The molecule has 33 heavy (non-hydrogen) atoms. The van der Waals surface area contributed by atoms with Gasteiger partial charge in [0.05, 0.1) is 10.6 Å². The van der Waals surface area contributed by atoms with Crippen LogP contribution in [-0.4, -0.2) is 44.3 Å². The maximum absolute atomic E-state index is 13.6. The molecule has 0 aromatic heterocycles. The Labute approximate surface area is 187 Å². The van der Waals surface area contributed by atoms with Gasteiger partial charge in [0, 0.05) is 30.3 Å². The molecule has 4 rings (SSSR count). The molecule has 1 fully saturated rings. The van der Waals surface area contributed by atoms with E-state index in [1.165, 1.54) is 9.21 Å². The van der Waals surface area contributed by atoms with Gasteiger partial charge in [-0.2, -0.15) is 4.31 Å². The zero-order valence-corrected chi connectivity index (χ0v) is 18.0. The summed E-state index contributed by atoms with van der Waals surface area (Å²) in [6, 6.07) is 8.61. The molecule has 2 aromatic carbocycles. The minimum atomic E-state index is -4.88. The van der Waals surface area contributed by atoms with Gasteiger partial charge in [-0.1, -0.05) is 18.2 Å². The number of anilines is 1. The van der Waals surface area contributed by atoms with Gasteiger partial charge >= 0.3 is 12.5 Å². The lowest BCUT2D eigenvalue weighted by Crippen LogP contribution is -2.50. The fourth-order valence-corrected chi connectivity index (χ4v) is 5.58. The van der Waals surface area contributed by atoms with E-state index in [0.29, 0.717) is 16.8 Å². The van der Waals surface area contributed by atoms with E-state index in [9.17, 15) is 30.8 Å². The Kier molecular flexibility index (Phi) is 6.23. The SMILES string of the molecule is O=C1OCc2cccc(CF)c2N1C1CCN(S(=O)(=O)c2ccc(OC(F)(F)F)cc2)CC1. The second-order valence-corrected chi connectivity index (χ2v) is 9.58. The van der Waals surface area contributed by atoms with Crippen molar-refractivity contribution in [2.24, 2.45) is 0 Å². The number of fused-ring (bicyclic) bond motifs is 1. The highest BCUT2D eigenvalue weighted by Gasteiger charge is 2.38. The number of ether oxygens (including phenoxy) is 2. The topological polar surface area (TPSA) is 76.2 Å². The number of rotatable bonds is 5. The van der Waals surface area contributed by atoms with Crippen molar-refractivity contribution in [2.75, 3.05) is 18.0 Å². The first-order valence-corrected chi connectivity index (χ1v) is 11.5. The molecule has 1 amide bonds. The summed E-state index contributed by atoms with van der Waals surface area (Å²) in [5, 5.41) is 0. The van der Waals surface area contributed by atoms with Crippen LogP contribution in [0.4, 0.5) is 28.0 Å². The molecular formula is C21H20F4N2O5S. The molecule has 0 radical (unpaired) electrons. The van der Waals surface area contributed by atoms with Gasteiger partial charge < -0.3 is 9.47 Å². The van der Waals surface area contributed by atoms with Gasteiger partial charge in [0.25, 0.3) is 0 Å². The smallest absolute Gasteiger partial charge is 0.444 e. The quantitative estimate of drug-likeness (QED) is 0.585. The number of alkyl halides is 4. The Bertz CT molecular complexity index is 1120. The first kappa shape index (κ1) is 23.3. The number of hydrogen-bond donors (Lipinski definition) is 0. The third kappa shape index (κ3) is 4.76. The maximum atomic E-state index is 13.6. The van der Waals surface area contributed by atoms with E-state index in [2.05, 4.69) is 4.74 Å². The number of cyclic esters (lactones) is 1. The van der Waals surface area contributed by atoms with E-state index < -0.39 is 40.9 Å². The predicted octanol–water partition coefficient (Wildman–Crippen LogP) is 4.36. The van der Waals surface area contributed by atoms with Gasteiger partial charge in [0.2, 0.25) is 10.0 Å². The molecule has 0 N–H and O–H groups in total. The lowest BCUT2D eigenvalue weighted by atomic mass is 9.99. The van der Waals surface area contributed by atoms with Crippen molar-refractivity contribution >= 4 is 21.8 Å². The third-order valence-corrected chi connectivity index (χ3v) is 7.53. The summed E-state index contributed by atoms with van der Waals surface area (Å²) in [7, 11) is -3.96. The summed E-state index contributed by atoms with van der Waals surface area (Å²) < 4.78 is 86.6. The normalized spacial score (nSPS) is 18.1. The lowest BCUT2D eigenvalue weighted by Gasteiger charge is -2.40. The van der Waals surface area contributed by atoms with Crippen LogP contribution >= 0.6 is 0 Å². The van der Waals surface area contributed by atoms with Crippen molar-refractivity contribution in [3.63, 3.8) is 0 Å². The number of sulfonamides is 1. The van der Waals surface area contributed by atoms with Gasteiger partial charge in [0.1, 0.15) is 19.0 Å². The Morgan fingerprint density at radius 2 is 1.73 bits per heavy atom. The van der Waals surface area contributed by atoms with Crippen LogP contribution in [0.5, 0.6) is 5.75 Å². The molecule has 0 atom stereocenters. The number of benzene rings is 2. The Morgan fingerprint density at radius 3 is 2.33 bits per heavy atom. The van der Waals surface area contributed by atoms with E-state index >= 15 is 0 Å². The second kappa shape index (κ2) is 8.82. The van der Waals surface area contributed by atoms with E-state index in [4.69, 9.17) is 4.74 Å². The Hall–Kier alpha value is -2.86. The molecule has 2 aromatic rings. The van der Waals surface area contributed by atoms with E-state index in [-0.39, 0.29) is 37.4 Å². The summed E-state index contributed by atoms with van der Waals surface area (Å²) in [6.45, 7) is -0.566. The fourth-order valence-electron chi connectivity index (χ4n) is 4.11. The van der Waals surface area contributed by atoms with E-state index in [0.717, 1.165) is 24.3 Å². The lowest BCUT2D eigenvalue weighted by molar-refractivity contribution is -0.274. The molecule has 0 bridgehead atoms. The van der Waals surface area contributed by atoms with Crippen molar-refractivity contribution in [3.05, 3.63) is 53.6 Å². The number of halogens is 4. The maximum Gasteiger partial charge on any atom is 0.573 e. The molecular weight excluding hydrogens is 468 g/mol. The van der Waals surface area contributed by atoms with Crippen molar-refractivity contribution in [3.8, 4) is 5.75 Å². The summed E-state index contributed by atoms with van der Waals surface area (Å²) in [5.74, 6) is -0.522. The number of carbonyl (C=O) groups excluding carboxylic acids is 1. The monoisotopic (exact) mass is 488 g/mol.